The number of carbonyl (C=O) groups excluding carboxylic acids is 2. The number of rotatable bonds is 2. The highest BCUT2D eigenvalue weighted by Crippen LogP contribution is 2.22. The Morgan fingerprint density at radius 2 is 1.86 bits per heavy atom. The SMILES string of the molecule is COC(=O)c1cccc(C(C)=O)c1Cl. The monoisotopic (exact) mass is 212 g/mol. The van der Waals surface area contributed by atoms with Crippen molar-refractivity contribution in [1.82, 2.24) is 0 Å². The first kappa shape index (κ1) is 10.7. The van der Waals surface area contributed by atoms with Gasteiger partial charge in [-0.15, -0.1) is 0 Å². The molecule has 0 saturated carbocycles. The van der Waals surface area contributed by atoms with Crippen LogP contribution >= 0.6 is 11.6 Å². The van der Waals surface area contributed by atoms with Crippen molar-refractivity contribution in [2.45, 2.75) is 6.92 Å². The molecule has 0 bridgehead atoms. The minimum atomic E-state index is -0.543. The van der Waals surface area contributed by atoms with Gasteiger partial charge < -0.3 is 4.74 Å². The molecule has 0 N–H and O–H groups in total. The third kappa shape index (κ3) is 1.93. The molecule has 1 rings (SSSR count). The second kappa shape index (κ2) is 4.24. The van der Waals surface area contributed by atoms with Crippen LogP contribution in [0.3, 0.4) is 0 Å². The topological polar surface area (TPSA) is 43.4 Å². The third-order valence-corrected chi connectivity index (χ3v) is 2.19. The molecule has 0 fully saturated rings. The van der Waals surface area contributed by atoms with Gasteiger partial charge in [0.15, 0.2) is 5.78 Å². The molecule has 0 amide bonds. The molecule has 1 aromatic carbocycles. The van der Waals surface area contributed by atoms with Gasteiger partial charge in [0.05, 0.1) is 17.7 Å². The Balaban J connectivity index is 3.27. The van der Waals surface area contributed by atoms with Crippen molar-refractivity contribution in [3.05, 3.63) is 34.3 Å². The molecule has 0 atom stereocenters. The van der Waals surface area contributed by atoms with Crippen LogP contribution in [-0.2, 0) is 4.74 Å². The van der Waals surface area contributed by atoms with Crippen LogP contribution in [0.2, 0.25) is 5.02 Å². The number of carbonyl (C=O) groups is 2. The molecule has 0 spiro atoms. The van der Waals surface area contributed by atoms with Crippen molar-refractivity contribution in [3.63, 3.8) is 0 Å². The number of benzene rings is 1. The number of methoxy groups -OCH3 is 1. The minimum absolute atomic E-state index is 0.145. The van der Waals surface area contributed by atoms with Gasteiger partial charge in [-0.2, -0.15) is 0 Å². The van der Waals surface area contributed by atoms with Crippen molar-refractivity contribution in [2.24, 2.45) is 0 Å². The fourth-order valence-corrected chi connectivity index (χ4v) is 1.41. The number of ether oxygens (including phenoxy) is 1. The van der Waals surface area contributed by atoms with E-state index in [-0.39, 0.29) is 16.4 Å². The average Bonchev–Trinajstić information content (AvgIpc) is 2.16. The molecule has 74 valence electrons. The molecule has 0 aliphatic heterocycles. The summed E-state index contributed by atoms with van der Waals surface area (Å²) in [6.45, 7) is 1.39. The molecule has 3 nitrogen and oxygen atoms in total. The van der Waals surface area contributed by atoms with Gasteiger partial charge in [-0.25, -0.2) is 4.79 Å². The van der Waals surface area contributed by atoms with E-state index in [1.54, 1.807) is 12.1 Å². The lowest BCUT2D eigenvalue weighted by Gasteiger charge is -2.04. The number of ketones is 1. The van der Waals surface area contributed by atoms with E-state index in [9.17, 15) is 9.59 Å². The summed E-state index contributed by atoms with van der Waals surface area (Å²) in [6, 6.07) is 4.67. The van der Waals surface area contributed by atoms with Crippen LogP contribution in [0.5, 0.6) is 0 Å². The third-order valence-electron chi connectivity index (χ3n) is 1.78. The highest BCUT2D eigenvalue weighted by Gasteiger charge is 2.15. The van der Waals surface area contributed by atoms with Gasteiger partial charge in [-0.05, 0) is 19.1 Å². The largest absolute Gasteiger partial charge is 0.465 e. The molecular formula is C10H9ClO3. The molecule has 0 aliphatic carbocycles. The molecule has 4 heteroatoms. The molecule has 0 aromatic heterocycles. The number of hydrogen-bond donors (Lipinski definition) is 0. The lowest BCUT2D eigenvalue weighted by Crippen LogP contribution is -2.05. The van der Waals surface area contributed by atoms with Crippen LogP contribution in [0.25, 0.3) is 0 Å². The van der Waals surface area contributed by atoms with Crippen molar-refractivity contribution < 1.29 is 14.3 Å². The van der Waals surface area contributed by atoms with Crippen molar-refractivity contribution in [2.75, 3.05) is 7.11 Å². The Kier molecular flexibility index (Phi) is 3.25. The quantitative estimate of drug-likeness (QED) is 0.558. The molecule has 0 unspecified atom stereocenters. The zero-order valence-corrected chi connectivity index (χ0v) is 8.59. The summed E-state index contributed by atoms with van der Waals surface area (Å²) in [6.07, 6.45) is 0. The van der Waals surface area contributed by atoms with E-state index >= 15 is 0 Å². The zero-order valence-electron chi connectivity index (χ0n) is 7.83. The fraction of sp³-hybridized carbons (Fsp3) is 0.200. The Morgan fingerprint density at radius 1 is 1.29 bits per heavy atom. The maximum absolute atomic E-state index is 11.2. The summed E-state index contributed by atoms with van der Waals surface area (Å²) in [7, 11) is 1.26. The lowest BCUT2D eigenvalue weighted by atomic mass is 10.1. The zero-order chi connectivity index (χ0) is 10.7. The Hall–Kier alpha value is -1.35. The Morgan fingerprint density at radius 3 is 2.36 bits per heavy atom. The van der Waals surface area contributed by atoms with Crippen LogP contribution in [0.4, 0.5) is 0 Å². The van der Waals surface area contributed by atoms with Gasteiger partial charge in [0.1, 0.15) is 0 Å². The molecule has 14 heavy (non-hydrogen) atoms. The van der Waals surface area contributed by atoms with Crippen LogP contribution < -0.4 is 0 Å². The highest BCUT2D eigenvalue weighted by atomic mass is 35.5. The van der Waals surface area contributed by atoms with Crippen molar-refractivity contribution in [1.29, 1.82) is 0 Å². The van der Waals surface area contributed by atoms with E-state index < -0.39 is 5.97 Å². The standard InChI is InChI=1S/C10H9ClO3/c1-6(12)7-4-3-5-8(9(7)11)10(13)14-2/h3-5H,1-2H3. The molecular weight excluding hydrogens is 204 g/mol. The van der Waals surface area contributed by atoms with E-state index in [1.807, 2.05) is 0 Å². The summed E-state index contributed by atoms with van der Waals surface area (Å²) in [5.74, 6) is -0.723. The van der Waals surface area contributed by atoms with Crippen molar-refractivity contribution >= 4 is 23.4 Å². The summed E-state index contributed by atoms with van der Waals surface area (Å²) in [5, 5.41) is 0.145. The van der Waals surface area contributed by atoms with Crippen LogP contribution in [0.1, 0.15) is 27.6 Å². The number of hydrogen-bond acceptors (Lipinski definition) is 3. The Labute approximate surface area is 86.6 Å². The summed E-state index contributed by atoms with van der Waals surface area (Å²) in [4.78, 5) is 22.3. The second-order valence-corrected chi connectivity index (χ2v) is 3.09. The molecule has 0 saturated heterocycles. The predicted molar refractivity (Wildman–Crippen MR) is 52.8 cm³/mol. The van der Waals surface area contributed by atoms with E-state index in [4.69, 9.17) is 11.6 Å². The minimum Gasteiger partial charge on any atom is -0.465 e. The predicted octanol–water partition coefficient (Wildman–Crippen LogP) is 2.33. The van der Waals surface area contributed by atoms with Gasteiger partial charge in [0.2, 0.25) is 0 Å². The van der Waals surface area contributed by atoms with E-state index in [0.717, 1.165) is 0 Å². The molecule has 0 radical (unpaired) electrons. The molecule has 0 aliphatic rings. The Bertz CT molecular complexity index is 385. The molecule has 1 aromatic rings. The second-order valence-electron chi connectivity index (χ2n) is 2.71. The number of Topliss-reactive ketones (excluding diaryl/α,β-unsaturated/α-hetero) is 1. The van der Waals surface area contributed by atoms with Gasteiger partial charge >= 0.3 is 5.97 Å². The van der Waals surface area contributed by atoms with E-state index in [0.29, 0.717) is 5.56 Å². The normalized spacial score (nSPS) is 9.64. The molecule has 0 heterocycles. The van der Waals surface area contributed by atoms with Gasteiger partial charge in [0, 0.05) is 5.56 Å². The van der Waals surface area contributed by atoms with Crippen LogP contribution in [0.15, 0.2) is 18.2 Å². The number of halogens is 1. The first-order valence-corrected chi connectivity index (χ1v) is 4.33. The highest BCUT2D eigenvalue weighted by molar-refractivity contribution is 6.36. The fourth-order valence-electron chi connectivity index (χ4n) is 1.07. The van der Waals surface area contributed by atoms with Gasteiger partial charge in [-0.1, -0.05) is 17.7 Å². The van der Waals surface area contributed by atoms with Gasteiger partial charge in [0.25, 0.3) is 0 Å². The number of esters is 1. The summed E-state index contributed by atoms with van der Waals surface area (Å²) in [5.41, 5.74) is 0.538. The summed E-state index contributed by atoms with van der Waals surface area (Å²) < 4.78 is 4.52. The van der Waals surface area contributed by atoms with Crippen LogP contribution in [-0.4, -0.2) is 18.9 Å². The first-order valence-electron chi connectivity index (χ1n) is 3.95. The lowest BCUT2D eigenvalue weighted by molar-refractivity contribution is 0.0601. The average molecular weight is 213 g/mol. The smallest absolute Gasteiger partial charge is 0.339 e. The summed E-state index contributed by atoms with van der Waals surface area (Å²) >= 11 is 5.86. The van der Waals surface area contributed by atoms with Crippen LogP contribution in [0, 0.1) is 0 Å². The van der Waals surface area contributed by atoms with E-state index in [1.165, 1.54) is 20.1 Å². The maximum atomic E-state index is 11.2. The maximum Gasteiger partial charge on any atom is 0.339 e. The van der Waals surface area contributed by atoms with Crippen molar-refractivity contribution in [3.8, 4) is 0 Å². The van der Waals surface area contributed by atoms with E-state index in [2.05, 4.69) is 4.74 Å². The first-order chi connectivity index (χ1) is 6.57. The van der Waals surface area contributed by atoms with Gasteiger partial charge in [-0.3, -0.25) is 4.79 Å².